The Bertz CT molecular complexity index is 795. The zero-order chi connectivity index (χ0) is 21.0. The number of aryl methyl sites for hydroxylation is 1. The maximum absolute atomic E-state index is 12.2. The Hall–Kier alpha value is -0.550. The van der Waals surface area contributed by atoms with Crippen molar-refractivity contribution in [3.05, 3.63) is 29.3 Å². The van der Waals surface area contributed by atoms with E-state index in [1.807, 2.05) is 6.07 Å². The number of halogens is 4. The van der Waals surface area contributed by atoms with Crippen LogP contribution in [0.2, 0.25) is 0 Å². The number of carbonyl (C=O) groups excluding carboxylic acids is 1. The van der Waals surface area contributed by atoms with E-state index in [0.717, 1.165) is 38.5 Å². The summed E-state index contributed by atoms with van der Waals surface area (Å²) in [7, 11) is 0. The van der Waals surface area contributed by atoms with Gasteiger partial charge in [-0.15, -0.1) is 0 Å². The van der Waals surface area contributed by atoms with Gasteiger partial charge in [-0.3, -0.25) is 0 Å². The van der Waals surface area contributed by atoms with Crippen molar-refractivity contribution in [3.8, 4) is 5.75 Å². The van der Waals surface area contributed by atoms with E-state index in [-0.39, 0.29) is 11.5 Å². The molecule has 6 atom stereocenters. The summed E-state index contributed by atoms with van der Waals surface area (Å²) in [4.78, 5) is 12.2. The maximum Gasteiger partial charge on any atom is 0.510 e. The molecule has 3 aliphatic rings. The Morgan fingerprint density at radius 2 is 2.00 bits per heavy atom. The van der Waals surface area contributed by atoms with Gasteiger partial charge in [-0.25, -0.2) is 4.79 Å². The first-order valence-electron chi connectivity index (χ1n) is 9.99. The van der Waals surface area contributed by atoms with E-state index >= 15 is 0 Å². The van der Waals surface area contributed by atoms with Crippen LogP contribution in [0.3, 0.4) is 0 Å². The molecule has 1 aromatic rings. The van der Waals surface area contributed by atoms with E-state index in [9.17, 15) is 9.90 Å². The molecule has 0 heterocycles. The fraction of sp³-hybridized carbons (Fsp3) is 0.667. The second kappa shape index (κ2) is 7.85. The number of phenols is 1. The van der Waals surface area contributed by atoms with Gasteiger partial charge in [0.2, 0.25) is 9.36 Å². The Labute approximate surface area is 190 Å². The molecule has 0 aliphatic heterocycles. The molecule has 29 heavy (non-hydrogen) atoms. The molecule has 0 spiro atoms. The second-order valence-electron chi connectivity index (χ2n) is 8.75. The predicted octanol–water partition coefficient (Wildman–Crippen LogP) is 6.71. The van der Waals surface area contributed by atoms with Crippen molar-refractivity contribution < 1.29 is 19.4 Å². The maximum atomic E-state index is 12.2. The minimum absolute atomic E-state index is 0.101. The summed E-state index contributed by atoms with van der Waals surface area (Å²) in [5, 5.41) is 9.81. The van der Waals surface area contributed by atoms with Crippen molar-refractivity contribution in [1.82, 2.24) is 0 Å². The third-order valence-corrected chi connectivity index (χ3v) is 8.66. The summed E-state index contributed by atoms with van der Waals surface area (Å²) < 4.78 is 8.70. The van der Waals surface area contributed by atoms with E-state index in [1.54, 1.807) is 6.07 Å². The number of hydrogen-bond donors (Lipinski definition) is 1. The molecule has 160 valence electrons. The fourth-order valence-corrected chi connectivity index (χ4v) is 6.22. The van der Waals surface area contributed by atoms with E-state index in [2.05, 4.69) is 13.0 Å². The van der Waals surface area contributed by atoms with Crippen molar-refractivity contribution in [1.29, 1.82) is 0 Å². The van der Waals surface area contributed by atoms with Crippen molar-refractivity contribution in [2.45, 2.75) is 66.8 Å². The van der Waals surface area contributed by atoms with Crippen LogP contribution in [-0.2, 0) is 15.9 Å². The molecule has 2 saturated carbocycles. The number of ether oxygens (including phenoxy) is 2. The summed E-state index contributed by atoms with van der Waals surface area (Å²) in [5.41, 5.74) is 1.13. The van der Waals surface area contributed by atoms with Crippen molar-refractivity contribution >= 4 is 52.6 Å². The Balaban J connectivity index is 1.47. The molecule has 0 bridgehead atoms. The number of rotatable bonds is 2. The fourth-order valence-electron chi connectivity index (χ4n) is 6.01. The third kappa shape index (κ3) is 4.03. The molecule has 1 aromatic carbocycles. The van der Waals surface area contributed by atoms with E-state index < -0.39 is 15.5 Å². The first-order chi connectivity index (χ1) is 13.6. The van der Waals surface area contributed by atoms with Gasteiger partial charge in [-0.1, -0.05) is 59.4 Å². The summed E-state index contributed by atoms with van der Waals surface area (Å²) in [6, 6.07) is 5.78. The molecule has 5 unspecified atom stereocenters. The third-order valence-electron chi connectivity index (χ3n) is 7.32. The van der Waals surface area contributed by atoms with Crippen molar-refractivity contribution in [2.75, 3.05) is 0 Å². The molecule has 0 aromatic heterocycles. The van der Waals surface area contributed by atoms with Crippen LogP contribution >= 0.6 is 46.4 Å². The molecular formula is C21H24Cl4O4. The van der Waals surface area contributed by atoms with Crippen molar-refractivity contribution in [2.24, 2.45) is 17.3 Å². The van der Waals surface area contributed by atoms with Gasteiger partial charge in [0.05, 0.1) is 0 Å². The Kier molecular flexibility index (Phi) is 5.87. The SMILES string of the molecule is CC12CCC3c4ccc(O)cc4CCC3C1CC[C@@H]2OC(=O)OC(Cl)C(Cl)(Cl)Cl. The zero-order valence-electron chi connectivity index (χ0n) is 16.0. The van der Waals surface area contributed by atoms with Gasteiger partial charge in [-0.2, -0.15) is 0 Å². The number of hydrogen-bond acceptors (Lipinski definition) is 4. The average molecular weight is 482 g/mol. The quantitative estimate of drug-likeness (QED) is 0.376. The van der Waals surface area contributed by atoms with Gasteiger partial charge in [0.25, 0.3) is 0 Å². The molecule has 2 fully saturated rings. The standard InChI is InChI=1S/C21H24Cl4O4/c1-20-9-8-14-13-5-3-12(26)10-11(13)2-4-15(14)16(20)6-7-17(20)28-19(27)29-18(22)21(23,24)25/h3,5,10,14-18,26H,2,4,6-9H2,1H3/t14?,15?,16?,17-,18?,20?/m0/s1. The lowest BCUT2D eigenvalue weighted by Crippen LogP contribution is -2.45. The molecule has 3 aliphatic carbocycles. The first kappa shape index (κ1) is 21.7. The monoisotopic (exact) mass is 480 g/mol. The van der Waals surface area contributed by atoms with Crippen LogP contribution in [0.1, 0.15) is 56.1 Å². The Morgan fingerprint density at radius 1 is 1.24 bits per heavy atom. The molecule has 0 saturated heterocycles. The molecule has 4 rings (SSSR count). The summed E-state index contributed by atoms with van der Waals surface area (Å²) in [6.07, 6.45) is 4.75. The highest BCUT2D eigenvalue weighted by Gasteiger charge is 2.56. The lowest BCUT2D eigenvalue weighted by molar-refractivity contribution is -0.0567. The van der Waals surface area contributed by atoms with Gasteiger partial charge in [-0.05, 0) is 79.5 Å². The smallest absolute Gasteiger partial charge is 0.508 e. The van der Waals surface area contributed by atoms with Gasteiger partial charge < -0.3 is 14.6 Å². The van der Waals surface area contributed by atoms with Crippen LogP contribution in [0.5, 0.6) is 5.75 Å². The summed E-state index contributed by atoms with van der Waals surface area (Å²) in [6.45, 7) is 2.22. The highest BCUT2D eigenvalue weighted by atomic mass is 35.6. The van der Waals surface area contributed by atoms with E-state index in [1.165, 1.54) is 11.1 Å². The predicted molar refractivity (Wildman–Crippen MR) is 114 cm³/mol. The first-order valence-corrected chi connectivity index (χ1v) is 11.6. The largest absolute Gasteiger partial charge is 0.510 e. The van der Waals surface area contributed by atoms with Crippen molar-refractivity contribution in [3.63, 3.8) is 0 Å². The summed E-state index contributed by atoms with van der Waals surface area (Å²) in [5.74, 6) is 1.86. The molecule has 4 nitrogen and oxygen atoms in total. The highest BCUT2D eigenvalue weighted by molar-refractivity contribution is 6.70. The number of benzene rings is 1. The van der Waals surface area contributed by atoms with Crippen LogP contribution in [0, 0.1) is 17.3 Å². The number of aromatic hydroxyl groups is 1. The normalized spacial score (nSPS) is 34.5. The number of fused-ring (bicyclic) bond motifs is 5. The minimum atomic E-state index is -1.91. The molecule has 1 N–H and O–H groups in total. The van der Waals surface area contributed by atoms with E-state index in [0.29, 0.717) is 23.5 Å². The van der Waals surface area contributed by atoms with Crippen LogP contribution in [0.4, 0.5) is 4.79 Å². The molecule has 8 heteroatoms. The van der Waals surface area contributed by atoms with Gasteiger partial charge in [0.15, 0.2) is 0 Å². The number of alkyl halides is 4. The van der Waals surface area contributed by atoms with Crippen LogP contribution in [0.15, 0.2) is 18.2 Å². The van der Waals surface area contributed by atoms with Gasteiger partial charge in [0, 0.05) is 5.41 Å². The molecule has 0 amide bonds. The minimum Gasteiger partial charge on any atom is -0.508 e. The second-order valence-corrected chi connectivity index (χ2v) is 11.5. The zero-order valence-corrected chi connectivity index (χ0v) is 19.1. The van der Waals surface area contributed by atoms with E-state index in [4.69, 9.17) is 55.9 Å². The molecular weight excluding hydrogens is 458 g/mol. The number of phenolic OH excluding ortho intramolecular Hbond substituents is 1. The van der Waals surface area contributed by atoms with Gasteiger partial charge in [0.1, 0.15) is 11.9 Å². The topological polar surface area (TPSA) is 55.8 Å². The average Bonchev–Trinajstić information content (AvgIpc) is 2.96. The number of carbonyl (C=O) groups is 1. The van der Waals surface area contributed by atoms with Crippen LogP contribution < -0.4 is 0 Å². The molecule has 0 radical (unpaired) electrons. The van der Waals surface area contributed by atoms with Crippen LogP contribution in [0.25, 0.3) is 0 Å². The Morgan fingerprint density at radius 3 is 2.72 bits per heavy atom. The summed E-state index contributed by atoms with van der Waals surface area (Å²) >= 11 is 22.8. The van der Waals surface area contributed by atoms with Crippen LogP contribution in [-0.4, -0.2) is 26.7 Å². The lowest BCUT2D eigenvalue weighted by Gasteiger charge is -2.50. The highest BCUT2D eigenvalue weighted by Crippen LogP contribution is 2.61. The lowest BCUT2D eigenvalue weighted by atomic mass is 9.55. The van der Waals surface area contributed by atoms with Gasteiger partial charge >= 0.3 is 6.16 Å².